The van der Waals surface area contributed by atoms with Crippen molar-refractivity contribution in [2.45, 2.75) is 13.0 Å². The van der Waals surface area contributed by atoms with Crippen molar-refractivity contribution >= 4 is 34.9 Å². The first-order valence-electron chi connectivity index (χ1n) is 4.66. The highest BCUT2D eigenvalue weighted by Gasteiger charge is 2.09. The van der Waals surface area contributed by atoms with E-state index in [0.717, 1.165) is 11.0 Å². The van der Waals surface area contributed by atoms with Crippen LogP contribution < -0.4 is 0 Å². The predicted molar refractivity (Wildman–Crippen MR) is 67.0 cm³/mol. The van der Waals surface area contributed by atoms with Crippen LogP contribution in [0, 0.1) is 4.77 Å². The molecule has 4 heteroatoms. The smallest absolute Gasteiger partial charge is 0.178 e. The molecule has 1 aromatic heterocycles. The van der Waals surface area contributed by atoms with Crippen molar-refractivity contribution in [1.29, 1.82) is 0 Å². The summed E-state index contributed by atoms with van der Waals surface area (Å²) in [6, 6.07) is 5.91. The second-order valence-electron chi connectivity index (χ2n) is 3.41. The lowest BCUT2D eigenvalue weighted by Crippen LogP contribution is -2.01. The summed E-state index contributed by atoms with van der Waals surface area (Å²) in [6.07, 6.45) is 1.85. The highest BCUT2D eigenvalue weighted by Crippen LogP contribution is 2.25. The highest BCUT2D eigenvalue weighted by molar-refractivity contribution is 7.71. The summed E-state index contributed by atoms with van der Waals surface area (Å²) in [5.41, 5.74) is 1.90. The summed E-state index contributed by atoms with van der Waals surface area (Å²) in [4.78, 5) is 3.11. The Morgan fingerprint density at radius 1 is 1.60 bits per heavy atom. The largest absolute Gasteiger partial charge is 0.329 e. The summed E-state index contributed by atoms with van der Waals surface area (Å²) in [6.45, 7) is 5.81. The summed E-state index contributed by atoms with van der Waals surface area (Å²) < 4.78 is 2.68. The van der Waals surface area contributed by atoms with E-state index in [9.17, 15) is 0 Å². The topological polar surface area (TPSA) is 20.7 Å². The van der Waals surface area contributed by atoms with Gasteiger partial charge in [-0.2, -0.15) is 0 Å². The van der Waals surface area contributed by atoms with E-state index in [2.05, 4.69) is 11.6 Å². The Morgan fingerprint density at radius 2 is 2.33 bits per heavy atom. The maximum atomic E-state index is 6.07. The molecule has 0 saturated carbocycles. The van der Waals surface area contributed by atoms with Gasteiger partial charge in [-0.15, -0.1) is 6.58 Å². The molecule has 0 fully saturated rings. The first-order valence-corrected chi connectivity index (χ1v) is 5.45. The number of fused-ring (bicyclic) bond motifs is 1. The molecule has 0 spiro atoms. The number of H-pyrrole nitrogens is 1. The Bertz CT molecular complexity index is 567. The van der Waals surface area contributed by atoms with Gasteiger partial charge in [-0.05, 0) is 31.3 Å². The molecule has 2 aromatic rings. The van der Waals surface area contributed by atoms with Gasteiger partial charge in [0, 0.05) is 0 Å². The SMILES string of the molecule is C=CC(C)n1c(=S)[nH]c2c(Cl)cccc21. The fourth-order valence-corrected chi connectivity index (χ4v) is 2.21. The van der Waals surface area contributed by atoms with Gasteiger partial charge in [-0.3, -0.25) is 0 Å². The van der Waals surface area contributed by atoms with Gasteiger partial charge in [0.25, 0.3) is 0 Å². The van der Waals surface area contributed by atoms with Crippen LogP contribution in [0.5, 0.6) is 0 Å². The molecular weight excluding hydrogens is 228 g/mol. The van der Waals surface area contributed by atoms with E-state index in [1.165, 1.54) is 0 Å². The fourth-order valence-electron chi connectivity index (χ4n) is 1.62. The van der Waals surface area contributed by atoms with Crippen LogP contribution in [0.4, 0.5) is 0 Å². The minimum absolute atomic E-state index is 0.157. The minimum atomic E-state index is 0.157. The molecule has 0 aliphatic carbocycles. The molecule has 0 aliphatic heterocycles. The number of hydrogen-bond donors (Lipinski definition) is 1. The molecule has 0 radical (unpaired) electrons. The third-order valence-electron chi connectivity index (χ3n) is 2.45. The Kier molecular flexibility index (Phi) is 2.67. The van der Waals surface area contributed by atoms with E-state index in [4.69, 9.17) is 23.8 Å². The van der Waals surface area contributed by atoms with Gasteiger partial charge in [0.05, 0.1) is 22.1 Å². The molecule has 0 saturated heterocycles. The molecule has 1 N–H and O–H groups in total. The third kappa shape index (κ3) is 1.62. The van der Waals surface area contributed by atoms with Crippen molar-refractivity contribution < 1.29 is 0 Å². The molecule has 2 nitrogen and oxygen atoms in total. The van der Waals surface area contributed by atoms with E-state index in [1.807, 2.05) is 35.8 Å². The zero-order valence-corrected chi connectivity index (χ0v) is 9.90. The van der Waals surface area contributed by atoms with Crippen molar-refractivity contribution in [2.24, 2.45) is 0 Å². The van der Waals surface area contributed by atoms with Crippen LogP contribution in [0.25, 0.3) is 11.0 Å². The average Bonchev–Trinajstić information content (AvgIpc) is 2.55. The first kappa shape index (κ1) is 10.5. The molecule has 2 rings (SSSR count). The van der Waals surface area contributed by atoms with Crippen LogP contribution in [-0.2, 0) is 0 Å². The van der Waals surface area contributed by atoms with E-state index in [1.54, 1.807) is 0 Å². The van der Waals surface area contributed by atoms with Crippen molar-refractivity contribution in [3.63, 3.8) is 0 Å². The van der Waals surface area contributed by atoms with Gasteiger partial charge in [-0.25, -0.2) is 0 Å². The average molecular weight is 239 g/mol. The van der Waals surface area contributed by atoms with Crippen LogP contribution in [0.15, 0.2) is 30.9 Å². The minimum Gasteiger partial charge on any atom is -0.329 e. The van der Waals surface area contributed by atoms with Crippen LogP contribution in [0.2, 0.25) is 5.02 Å². The first-order chi connectivity index (χ1) is 7.15. The van der Waals surface area contributed by atoms with Gasteiger partial charge in [0.2, 0.25) is 0 Å². The predicted octanol–water partition coefficient (Wildman–Crippen LogP) is 4.10. The number of nitrogens with one attached hydrogen (secondary N) is 1. The molecule has 0 aliphatic rings. The van der Waals surface area contributed by atoms with Crippen LogP contribution in [0.3, 0.4) is 0 Å². The maximum absolute atomic E-state index is 6.07. The number of aromatic nitrogens is 2. The molecule has 0 amide bonds. The van der Waals surface area contributed by atoms with Gasteiger partial charge in [0.15, 0.2) is 4.77 Å². The molecule has 1 heterocycles. The van der Waals surface area contributed by atoms with Crippen molar-refractivity contribution in [3.05, 3.63) is 40.6 Å². The molecule has 1 aromatic carbocycles. The van der Waals surface area contributed by atoms with Crippen LogP contribution in [-0.4, -0.2) is 9.55 Å². The highest BCUT2D eigenvalue weighted by atomic mass is 35.5. The van der Waals surface area contributed by atoms with E-state index >= 15 is 0 Å². The number of aromatic amines is 1. The quantitative estimate of drug-likeness (QED) is 0.617. The summed E-state index contributed by atoms with van der Waals surface area (Å²) in [5.74, 6) is 0. The van der Waals surface area contributed by atoms with Crippen molar-refractivity contribution in [3.8, 4) is 0 Å². The van der Waals surface area contributed by atoms with Gasteiger partial charge < -0.3 is 9.55 Å². The van der Waals surface area contributed by atoms with Gasteiger partial charge in [-0.1, -0.05) is 23.7 Å². The van der Waals surface area contributed by atoms with Crippen molar-refractivity contribution in [1.82, 2.24) is 9.55 Å². The van der Waals surface area contributed by atoms with Crippen LogP contribution in [0.1, 0.15) is 13.0 Å². The maximum Gasteiger partial charge on any atom is 0.178 e. The lowest BCUT2D eigenvalue weighted by molar-refractivity contribution is 0.673. The third-order valence-corrected chi connectivity index (χ3v) is 3.06. The summed E-state index contributed by atoms with van der Waals surface area (Å²) >= 11 is 11.3. The zero-order chi connectivity index (χ0) is 11.0. The Hall–Kier alpha value is -1.06. The number of hydrogen-bond acceptors (Lipinski definition) is 1. The lowest BCUT2D eigenvalue weighted by Gasteiger charge is -2.08. The molecule has 15 heavy (non-hydrogen) atoms. The Labute approximate surface area is 98.2 Å². The second kappa shape index (κ2) is 3.83. The van der Waals surface area contributed by atoms with Gasteiger partial charge >= 0.3 is 0 Å². The lowest BCUT2D eigenvalue weighted by atomic mass is 10.3. The molecule has 78 valence electrons. The van der Waals surface area contributed by atoms with E-state index < -0.39 is 0 Å². The summed E-state index contributed by atoms with van der Waals surface area (Å²) in [7, 11) is 0. The summed E-state index contributed by atoms with van der Waals surface area (Å²) in [5, 5.41) is 0.689. The number of nitrogens with zero attached hydrogens (tertiary/aromatic N) is 1. The second-order valence-corrected chi connectivity index (χ2v) is 4.20. The van der Waals surface area contributed by atoms with Crippen molar-refractivity contribution in [2.75, 3.05) is 0 Å². The number of halogens is 1. The number of rotatable bonds is 2. The Balaban J connectivity index is 2.85. The van der Waals surface area contributed by atoms with E-state index in [0.29, 0.717) is 9.79 Å². The molecule has 1 atom stereocenters. The normalized spacial score (nSPS) is 12.9. The fraction of sp³-hybridized carbons (Fsp3) is 0.182. The number of benzene rings is 1. The van der Waals surface area contributed by atoms with Gasteiger partial charge in [0.1, 0.15) is 0 Å². The zero-order valence-electron chi connectivity index (χ0n) is 8.33. The standard InChI is InChI=1S/C11H11ClN2S/c1-3-7(2)14-9-6-4-5-8(12)10(9)13-11(14)15/h3-7H,1H2,2H3,(H,13,15). The molecule has 0 bridgehead atoms. The molecule has 1 unspecified atom stereocenters. The van der Waals surface area contributed by atoms with E-state index in [-0.39, 0.29) is 6.04 Å². The number of para-hydroxylation sites is 1. The monoisotopic (exact) mass is 238 g/mol. The molecular formula is C11H11ClN2S. The number of allylic oxidation sites excluding steroid dienone is 1. The van der Waals surface area contributed by atoms with Crippen LogP contribution >= 0.6 is 23.8 Å². The Morgan fingerprint density at radius 3 is 3.00 bits per heavy atom. The number of imidazole rings is 1.